The molecule has 3 aliphatic heterocycles. The van der Waals surface area contributed by atoms with Gasteiger partial charge in [-0.25, -0.2) is 0 Å². The van der Waals surface area contributed by atoms with E-state index in [9.17, 15) is 0 Å². The Hall–Kier alpha value is -0.120. The highest BCUT2D eigenvalue weighted by Gasteiger charge is 2.28. The average Bonchev–Trinajstić information content (AvgIpc) is 3.10. The van der Waals surface area contributed by atoms with Crippen LogP contribution in [0.25, 0.3) is 0 Å². The second kappa shape index (κ2) is 7.05. The largest absolute Gasteiger partial charge is 0.314 e. The highest BCUT2D eigenvalue weighted by atomic mass is 15.3. The Morgan fingerprint density at radius 3 is 2.63 bits per heavy atom. The highest BCUT2D eigenvalue weighted by Crippen LogP contribution is 2.21. The smallest absolute Gasteiger partial charge is 0.0235 e. The molecule has 0 saturated carbocycles. The maximum Gasteiger partial charge on any atom is 0.0235 e. The van der Waals surface area contributed by atoms with Crippen LogP contribution >= 0.6 is 0 Å². The molecule has 3 heteroatoms. The molecule has 1 N–H and O–H groups in total. The van der Waals surface area contributed by atoms with Crippen molar-refractivity contribution in [2.75, 3.05) is 39.3 Å². The first-order valence-electron chi connectivity index (χ1n) is 8.61. The van der Waals surface area contributed by atoms with E-state index in [0.717, 1.165) is 12.1 Å². The molecule has 2 atom stereocenters. The third-order valence-corrected chi connectivity index (χ3v) is 5.34. The molecule has 0 aliphatic carbocycles. The second-order valence-electron chi connectivity index (χ2n) is 6.78. The predicted octanol–water partition coefficient (Wildman–Crippen LogP) is 2.08. The molecule has 0 aromatic rings. The number of hydrogen-bond acceptors (Lipinski definition) is 3. The van der Waals surface area contributed by atoms with Gasteiger partial charge in [-0.15, -0.1) is 0 Å². The molecule has 0 radical (unpaired) electrons. The molecular formula is C16H31N3. The molecule has 3 heterocycles. The van der Waals surface area contributed by atoms with Crippen LogP contribution in [-0.4, -0.2) is 61.2 Å². The van der Waals surface area contributed by atoms with Crippen LogP contribution in [0.3, 0.4) is 0 Å². The van der Waals surface area contributed by atoms with Crippen molar-refractivity contribution in [3.05, 3.63) is 0 Å². The van der Waals surface area contributed by atoms with Crippen LogP contribution in [0.2, 0.25) is 0 Å². The van der Waals surface area contributed by atoms with Gasteiger partial charge in [0, 0.05) is 18.6 Å². The molecule has 0 bridgehead atoms. The molecule has 3 fully saturated rings. The summed E-state index contributed by atoms with van der Waals surface area (Å²) >= 11 is 0. The molecule has 0 amide bonds. The molecule has 3 nitrogen and oxygen atoms in total. The summed E-state index contributed by atoms with van der Waals surface area (Å²) in [7, 11) is 0. The molecular weight excluding hydrogens is 234 g/mol. The summed E-state index contributed by atoms with van der Waals surface area (Å²) in [5, 5.41) is 3.67. The van der Waals surface area contributed by atoms with Gasteiger partial charge >= 0.3 is 0 Å². The minimum Gasteiger partial charge on any atom is -0.314 e. The number of nitrogens with one attached hydrogen (secondary N) is 1. The van der Waals surface area contributed by atoms with E-state index in [1.165, 1.54) is 90.6 Å². The minimum absolute atomic E-state index is 0.825. The van der Waals surface area contributed by atoms with Crippen molar-refractivity contribution >= 4 is 0 Å². The Morgan fingerprint density at radius 2 is 1.84 bits per heavy atom. The Bertz CT molecular complexity index is 257. The molecule has 2 unspecified atom stereocenters. The van der Waals surface area contributed by atoms with Crippen molar-refractivity contribution in [1.82, 2.24) is 15.1 Å². The first kappa shape index (κ1) is 13.8. The molecule has 3 aliphatic rings. The number of likely N-dealkylation sites (tertiary alicyclic amines) is 2. The zero-order chi connectivity index (χ0) is 12.9. The first-order valence-corrected chi connectivity index (χ1v) is 8.61. The second-order valence-corrected chi connectivity index (χ2v) is 6.78. The maximum atomic E-state index is 3.67. The van der Waals surface area contributed by atoms with E-state index in [0.29, 0.717) is 0 Å². The van der Waals surface area contributed by atoms with Gasteiger partial charge in [0.2, 0.25) is 0 Å². The van der Waals surface area contributed by atoms with Crippen LogP contribution in [0.4, 0.5) is 0 Å². The van der Waals surface area contributed by atoms with Crippen LogP contribution in [-0.2, 0) is 0 Å². The third kappa shape index (κ3) is 3.93. The summed E-state index contributed by atoms with van der Waals surface area (Å²) in [4.78, 5) is 5.45. The summed E-state index contributed by atoms with van der Waals surface area (Å²) < 4.78 is 0. The Morgan fingerprint density at radius 1 is 0.947 bits per heavy atom. The van der Waals surface area contributed by atoms with Gasteiger partial charge in [0.25, 0.3) is 0 Å². The predicted molar refractivity (Wildman–Crippen MR) is 80.5 cm³/mol. The fourth-order valence-electron chi connectivity index (χ4n) is 4.15. The van der Waals surface area contributed by atoms with Crippen molar-refractivity contribution in [1.29, 1.82) is 0 Å². The summed E-state index contributed by atoms with van der Waals surface area (Å²) in [6.45, 7) is 8.01. The average molecular weight is 265 g/mol. The van der Waals surface area contributed by atoms with Crippen molar-refractivity contribution in [3.8, 4) is 0 Å². The molecule has 0 spiro atoms. The Kier molecular flexibility index (Phi) is 5.14. The molecule has 0 aromatic heterocycles. The number of nitrogens with zero attached hydrogens (tertiary/aromatic N) is 2. The number of rotatable bonds is 5. The molecule has 3 saturated heterocycles. The van der Waals surface area contributed by atoms with Crippen molar-refractivity contribution in [2.45, 2.75) is 63.5 Å². The summed E-state index contributed by atoms with van der Waals surface area (Å²) in [6, 6.07) is 1.71. The lowest BCUT2D eigenvalue weighted by Gasteiger charge is -2.25. The van der Waals surface area contributed by atoms with Crippen molar-refractivity contribution in [3.63, 3.8) is 0 Å². The third-order valence-electron chi connectivity index (χ3n) is 5.34. The maximum absolute atomic E-state index is 3.67. The van der Waals surface area contributed by atoms with Crippen molar-refractivity contribution < 1.29 is 0 Å². The van der Waals surface area contributed by atoms with E-state index in [-0.39, 0.29) is 0 Å². The monoisotopic (exact) mass is 265 g/mol. The van der Waals surface area contributed by atoms with Gasteiger partial charge in [0.15, 0.2) is 0 Å². The quantitative estimate of drug-likeness (QED) is 0.821. The van der Waals surface area contributed by atoms with E-state index in [1.54, 1.807) is 0 Å². The summed E-state index contributed by atoms with van der Waals surface area (Å²) in [6.07, 6.45) is 11.3. The van der Waals surface area contributed by atoms with E-state index in [1.807, 2.05) is 0 Å². The first-order chi connectivity index (χ1) is 9.42. The van der Waals surface area contributed by atoms with E-state index in [2.05, 4.69) is 15.1 Å². The van der Waals surface area contributed by atoms with Crippen LogP contribution in [0.15, 0.2) is 0 Å². The minimum atomic E-state index is 0.825. The van der Waals surface area contributed by atoms with E-state index >= 15 is 0 Å². The van der Waals surface area contributed by atoms with Gasteiger partial charge in [-0.2, -0.15) is 0 Å². The lowest BCUT2D eigenvalue weighted by molar-refractivity contribution is 0.229. The summed E-state index contributed by atoms with van der Waals surface area (Å²) in [5.74, 6) is 0. The van der Waals surface area contributed by atoms with E-state index < -0.39 is 0 Å². The fraction of sp³-hybridized carbons (Fsp3) is 1.00. The topological polar surface area (TPSA) is 18.5 Å². The van der Waals surface area contributed by atoms with Crippen LogP contribution in [0.5, 0.6) is 0 Å². The van der Waals surface area contributed by atoms with Crippen LogP contribution < -0.4 is 5.32 Å². The Balaban J connectivity index is 1.30. The highest BCUT2D eigenvalue weighted by molar-refractivity contribution is 4.85. The molecule has 19 heavy (non-hydrogen) atoms. The number of hydrogen-bond donors (Lipinski definition) is 1. The Labute approximate surface area is 118 Å². The molecule has 0 aromatic carbocycles. The molecule has 3 rings (SSSR count). The lowest BCUT2D eigenvalue weighted by atomic mass is 10.0. The van der Waals surface area contributed by atoms with Gasteiger partial charge in [-0.1, -0.05) is 6.42 Å². The standard InChI is InChI=1S/C16H31N3/c1-2-9-17-15(6-1)7-5-10-18-13-8-16(14-18)19-11-3-4-12-19/h15-17H,1-14H2. The van der Waals surface area contributed by atoms with Gasteiger partial charge in [-0.3, -0.25) is 4.90 Å². The van der Waals surface area contributed by atoms with Crippen molar-refractivity contribution in [2.24, 2.45) is 0 Å². The van der Waals surface area contributed by atoms with Crippen LogP contribution in [0.1, 0.15) is 51.4 Å². The fourth-order valence-corrected chi connectivity index (χ4v) is 4.15. The SMILES string of the molecule is C1CCC(CCCN2CCC(N3CCCC3)C2)NC1. The zero-order valence-electron chi connectivity index (χ0n) is 12.4. The molecule has 110 valence electrons. The van der Waals surface area contributed by atoms with Gasteiger partial charge in [0.1, 0.15) is 0 Å². The number of piperidine rings is 1. The van der Waals surface area contributed by atoms with Gasteiger partial charge in [-0.05, 0) is 77.7 Å². The van der Waals surface area contributed by atoms with E-state index in [4.69, 9.17) is 0 Å². The van der Waals surface area contributed by atoms with Crippen LogP contribution in [0, 0.1) is 0 Å². The summed E-state index contributed by atoms with van der Waals surface area (Å²) in [5.41, 5.74) is 0. The normalized spacial score (nSPS) is 34.1. The van der Waals surface area contributed by atoms with Gasteiger partial charge < -0.3 is 10.2 Å². The zero-order valence-corrected chi connectivity index (χ0v) is 12.4. The van der Waals surface area contributed by atoms with Gasteiger partial charge in [0.05, 0.1) is 0 Å². The lowest BCUT2D eigenvalue weighted by Crippen LogP contribution is -2.36.